The molecule has 160 valence electrons. The van der Waals surface area contributed by atoms with Crippen LogP contribution in [0.4, 0.5) is 0 Å². The van der Waals surface area contributed by atoms with E-state index in [2.05, 4.69) is 19.1 Å². The molecule has 0 bridgehead atoms. The highest BCUT2D eigenvalue weighted by atomic mass is 16.7. The lowest BCUT2D eigenvalue weighted by molar-refractivity contribution is -0.121. The lowest BCUT2D eigenvalue weighted by Crippen LogP contribution is -2.31. The average molecular weight is 425 g/mol. The van der Waals surface area contributed by atoms with Crippen molar-refractivity contribution in [2.45, 2.75) is 18.9 Å². The summed E-state index contributed by atoms with van der Waals surface area (Å²) < 4.78 is 11.0. The molecule has 0 aromatic heterocycles. The van der Waals surface area contributed by atoms with Crippen LogP contribution in [0.2, 0.25) is 0 Å². The number of hydrogen-bond acceptors (Lipinski definition) is 5. The summed E-state index contributed by atoms with van der Waals surface area (Å²) in [5.74, 6) is 2.65. The van der Waals surface area contributed by atoms with E-state index in [9.17, 15) is 4.79 Å². The Hall–Kier alpha value is -3.60. The van der Waals surface area contributed by atoms with Crippen molar-refractivity contribution >= 4 is 11.6 Å². The van der Waals surface area contributed by atoms with E-state index in [1.54, 1.807) is 0 Å². The van der Waals surface area contributed by atoms with Crippen LogP contribution in [0.5, 0.6) is 11.5 Å². The topological polar surface area (TPSA) is 73.9 Å². The van der Waals surface area contributed by atoms with Gasteiger partial charge in [-0.2, -0.15) is 0 Å². The Kier molecular flexibility index (Phi) is 4.15. The molecule has 32 heavy (non-hydrogen) atoms. The van der Waals surface area contributed by atoms with Gasteiger partial charge in [0.05, 0.1) is 5.84 Å². The second kappa shape index (κ2) is 6.95. The van der Waals surface area contributed by atoms with Crippen LogP contribution in [-0.4, -0.2) is 18.4 Å². The molecule has 3 aliphatic rings. The molecule has 0 amide bonds. The van der Waals surface area contributed by atoms with E-state index in [0.29, 0.717) is 12.3 Å². The number of nitrogens with two attached hydrogens (primary N) is 1. The van der Waals surface area contributed by atoms with E-state index in [0.717, 1.165) is 33.8 Å². The number of ketones is 1. The normalized spacial score (nSPS) is 28.0. The van der Waals surface area contributed by atoms with Gasteiger partial charge in [-0.1, -0.05) is 61.5 Å². The van der Waals surface area contributed by atoms with E-state index in [-0.39, 0.29) is 30.3 Å². The minimum absolute atomic E-state index is 0.0126. The van der Waals surface area contributed by atoms with Gasteiger partial charge in [-0.25, -0.2) is 0 Å². The van der Waals surface area contributed by atoms with E-state index < -0.39 is 5.54 Å². The van der Waals surface area contributed by atoms with Crippen molar-refractivity contribution in [2.24, 2.45) is 28.5 Å². The molecular weight excluding hydrogens is 400 g/mol. The van der Waals surface area contributed by atoms with E-state index in [1.165, 1.54) is 0 Å². The van der Waals surface area contributed by atoms with Gasteiger partial charge in [0, 0.05) is 18.3 Å². The fraction of sp³-hybridized carbons (Fsp3) is 0.259. The zero-order valence-electron chi connectivity index (χ0n) is 17.8. The van der Waals surface area contributed by atoms with Crippen LogP contribution >= 0.6 is 0 Å². The molecule has 4 atom stereocenters. The molecule has 1 aliphatic carbocycles. The zero-order valence-corrected chi connectivity index (χ0v) is 17.8. The number of nitrogens with zero attached hydrogens (tertiary/aromatic N) is 1. The summed E-state index contributed by atoms with van der Waals surface area (Å²) in [5.41, 5.74) is 9.66. The summed E-state index contributed by atoms with van der Waals surface area (Å²) in [6.45, 7) is 2.33. The lowest BCUT2D eigenvalue weighted by atomic mass is 9.78. The van der Waals surface area contributed by atoms with Gasteiger partial charge in [0.1, 0.15) is 11.3 Å². The third-order valence-corrected chi connectivity index (χ3v) is 7.14. The van der Waals surface area contributed by atoms with Crippen molar-refractivity contribution in [3.05, 3.63) is 83.9 Å². The summed E-state index contributed by atoms with van der Waals surface area (Å²) in [4.78, 5) is 18.4. The molecular formula is C27H24N2O3. The first kappa shape index (κ1) is 19.1. The highest BCUT2D eigenvalue weighted by molar-refractivity contribution is 5.99. The first-order chi connectivity index (χ1) is 15.6. The predicted octanol–water partition coefficient (Wildman–Crippen LogP) is 4.54. The van der Waals surface area contributed by atoms with Gasteiger partial charge in [-0.3, -0.25) is 9.79 Å². The van der Waals surface area contributed by atoms with Gasteiger partial charge in [0.2, 0.25) is 6.79 Å². The van der Waals surface area contributed by atoms with Gasteiger partial charge in [-0.15, -0.1) is 0 Å². The second-order valence-electron chi connectivity index (χ2n) is 8.97. The molecule has 5 nitrogen and oxygen atoms in total. The zero-order chi connectivity index (χ0) is 21.9. The quantitative estimate of drug-likeness (QED) is 0.670. The second-order valence-corrected chi connectivity index (χ2v) is 8.97. The lowest BCUT2D eigenvalue weighted by Gasteiger charge is -2.31. The summed E-state index contributed by atoms with van der Waals surface area (Å²) >= 11 is 0. The molecule has 0 radical (unpaired) electrons. The Balaban J connectivity index is 1.51. The summed E-state index contributed by atoms with van der Waals surface area (Å²) in [5, 5.41) is 0. The van der Waals surface area contributed by atoms with E-state index >= 15 is 0 Å². The molecule has 5 heteroatoms. The summed E-state index contributed by atoms with van der Waals surface area (Å²) in [7, 11) is 0. The van der Waals surface area contributed by atoms with Crippen molar-refractivity contribution in [3.8, 4) is 22.6 Å². The average Bonchev–Trinajstić information content (AvgIpc) is 3.32. The Labute approximate surface area is 186 Å². The molecule has 4 unspecified atom stereocenters. The van der Waals surface area contributed by atoms with E-state index in [1.807, 2.05) is 60.7 Å². The molecule has 2 N–H and O–H groups in total. The van der Waals surface area contributed by atoms with Crippen LogP contribution in [0.3, 0.4) is 0 Å². The van der Waals surface area contributed by atoms with Crippen molar-refractivity contribution in [1.29, 1.82) is 0 Å². The third kappa shape index (κ3) is 2.84. The van der Waals surface area contributed by atoms with Crippen LogP contribution in [0.1, 0.15) is 24.5 Å². The molecule has 1 saturated carbocycles. The Bertz CT molecular complexity index is 1250. The Morgan fingerprint density at radius 3 is 2.47 bits per heavy atom. The minimum Gasteiger partial charge on any atom is -0.454 e. The highest BCUT2D eigenvalue weighted by Gasteiger charge is 2.57. The van der Waals surface area contributed by atoms with Crippen molar-refractivity contribution < 1.29 is 14.3 Å². The number of carbonyl (C=O) groups is 1. The maximum Gasteiger partial charge on any atom is 0.231 e. The number of rotatable bonds is 3. The van der Waals surface area contributed by atoms with Gasteiger partial charge in [-0.05, 0) is 46.4 Å². The van der Waals surface area contributed by atoms with Crippen LogP contribution in [0.15, 0.2) is 77.8 Å². The van der Waals surface area contributed by atoms with Crippen LogP contribution in [0, 0.1) is 17.8 Å². The van der Waals surface area contributed by atoms with Gasteiger partial charge < -0.3 is 15.2 Å². The maximum atomic E-state index is 13.3. The SMILES string of the molecule is CC1C2C(=O)CC(c3ccccc3)(c3cccc(-c4ccc5c(c4)OCO5)c3)N=C(N)C12. The number of hydrogen-bond donors (Lipinski definition) is 1. The molecule has 2 aliphatic heterocycles. The minimum atomic E-state index is -0.831. The monoisotopic (exact) mass is 424 g/mol. The maximum absolute atomic E-state index is 13.3. The van der Waals surface area contributed by atoms with Crippen molar-refractivity contribution in [2.75, 3.05) is 6.79 Å². The number of benzene rings is 3. The largest absolute Gasteiger partial charge is 0.454 e. The number of amidine groups is 1. The number of fused-ring (bicyclic) bond motifs is 2. The van der Waals surface area contributed by atoms with E-state index in [4.69, 9.17) is 20.2 Å². The Morgan fingerprint density at radius 1 is 0.875 bits per heavy atom. The predicted molar refractivity (Wildman–Crippen MR) is 123 cm³/mol. The first-order valence-electron chi connectivity index (χ1n) is 11.0. The molecule has 6 rings (SSSR count). The number of Topliss-reactive ketones (excluding diaryl/α,β-unsaturated/α-hetero) is 1. The van der Waals surface area contributed by atoms with Gasteiger partial charge in [0.25, 0.3) is 0 Å². The van der Waals surface area contributed by atoms with Crippen molar-refractivity contribution in [1.82, 2.24) is 0 Å². The smallest absolute Gasteiger partial charge is 0.231 e. The number of carbonyl (C=O) groups excluding carboxylic acids is 1. The van der Waals surface area contributed by atoms with Crippen LogP contribution in [0.25, 0.3) is 11.1 Å². The fourth-order valence-electron chi connectivity index (χ4n) is 5.36. The van der Waals surface area contributed by atoms with Crippen LogP contribution in [-0.2, 0) is 10.3 Å². The summed E-state index contributed by atoms with van der Waals surface area (Å²) in [6.07, 6.45) is 0.313. The molecule has 1 fully saturated rings. The molecule has 3 aromatic rings. The fourth-order valence-corrected chi connectivity index (χ4v) is 5.36. The third-order valence-electron chi connectivity index (χ3n) is 7.14. The molecule has 0 spiro atoms. The standard InChI is InChI=1S/C27H24N2O3/c1-16-24-21(30)14-27(29-26(28)25(16)24,19-7-3-2-4-8-19)20-9-5-6-17(12-20)18-10-11-22-23(13-18)32-15-31-22/h2-13,16,24-25H,14-15H2,1H3,(H2,28,29). The molecule has 2 heterocycles. The highest BCUT2D eigenvalue weighted by Crippen LogP contribution is 2.53. The molecule has 3 aromatic carbocycles. The Morgan fingerprint density at radius 2 is 1.62 bits per heavy atom. The summed E-state index contributed by atoms with van der Waals surface area (Å²) in [6, 6.07) is 24.2. The molecule has 0 saturated heterocycles. The van der Waals surface area contributed by atoms with Crippen molar-refractivity contribution in [3.63, 3.8) is 0 Å². The number of aliphatic imine (C=N–C) groups is 1. The first-order valence-corrected chi connectivity index (χ1v) is 11.0. The number of ether oxygens (including phenoxy) is 2. The van der Waals surface area contributed by atoms with Crippen LogP contribution < -0.4 is 15.2 Å². The van der Waals surface area contributed by atoms with Gasteiger partial charge in [0.15, 0.2) is 11.5 Å². The van der Waals surface area contributed by atoms with Gasteiger partial charge >= 0.3 is 0 Å².